The highest BCUT2D eigenvalue weighted by Gasteiger charge is 2.15. The fraction of sp³-hybridized carbons (Fsp3) is 0.364. The van der Waals surface area contributed by atoms with E-state index in [1.807, 2.05) is 30.3 Å². The van der Waals surface area contributed by atoms with E-state index < -0.39 is 0 Å². The largest absolute Gasteiger partial charge is 0.494 e. The minimum atomic E-state index is -0.355. The fourth-order valence-electron chi connectivity index (χ4n) is 2.69. The molecule has 0 bridgehead atoms. The molecule has 150 valence electrons. The Morgan fingerprint density at radius 1 is 0.964 bits per heavy atom. The highest BCUT2D eigenvalue weighted by atomic mass is 19.1. The topological polar surface area (TPSA) is 55.8 Å². The van der Waals surface area contributed by atoms with E-state index in [0.717, 1.165) is 11.3 Å². The summed E-state index contributed by atoms with van der Waals surface area (Å²) in [6.45, 7) is 1.20. The maximum Gasteiger partial charge on any atom is 0.307 e. The van der Waals surface area contributed by atoms with Gasteiger partial charge in [-0.3, -0.25) is 9.59 Å². The zero-order valence-corrected chi connectivity index (χ0v) is 16.1. The van der Waals surface area contributed by atoms with Crippen LogP contribution in [-0.4, -0.2) is 43.6 Å². The number of rotatable bonds is 11. The molecule has 2 rings (SSSR count). The van der Waals surface area contributed by atoms with Gasteiger partial charge in [-0.1, -0.05) is 30.3 Å². The monoisotopic (exact) mass is 387 g/mol. The van der Waals surface area contributed by atoms with Gasteiger partial charge in [0.2, 0.25) is 5.91 Å². The molecule has 2 aromatic carbocycles. The van der Waals surface area contributed by atoms with Crippen LogP contribution in [0, 0.1) is 5.82 Å². The minimum absolute atomic E-state index is 0.0392. The number of para-hydroxylation sites is 1. The van der Waals surface area contributed by atoms with Crippen molar-refractivity contribution in [2.45, 2.75) is 25.7 Å². The summed E-state index contributed by atoms with van der Waals surface area (Å²) in [6, 6.07) is 15.6. The predicted molar refractivity (Wildman–Crippen MR) is 104 cm³/mol. The summed E-state index contributed by atoms with van der Waals surface area (Å²) in [5.74, 6) is 0.0873. The molecule has 0 unspecified atom stereocenters. The number of carbonyl (C=O) groups excluding carboxylic acids is 2. The Kier molecular flexibility index (Phi) is 8.98. The molecule has 0 aliphatic rings. The number of ether oxygens (including phenoxy) is 2. The van der Waals surface area contributed by atoms with E-state index in [2.05, 4.69) is 4.74 Å². The second-order valence-electron chi connectivity index (χ2n) is 6.35. The average molecular weight is 387 g/mol. The number of carbonyl (C=O) groups is 2. The number of hydrogen-bond donors (Lipinski definition) is 0. The Bertz CT molecular complexity index is 734. The van der Waals surface area contributed by atoms with E-state index in [4.69, 9.17) is 4.74 Å². The summed E-state index contributed by atoms with van der Waals surface area (Å²) in [7, 11) is 1.33. The van der Waals surface area contributed by atoms with Gasteiger partial charge in [-0.25, -0.2) is 4.39 Å². The predicted octanol–water partition coefficient (Wildman–Crippen LogP) is 3.62. The van der Waals surface area contributed by atoms with E-state index in [-0.39, 0.29) is 24.1 Å². The maximum atomic E-state index is 13.0. The average Bonchev–Trinajstić information content (AvgIpc) is 2.72. The highest BCUT2D eigenvalue weighted by molar-refractivity contribution is 5.77. The third-order valence-corrected chi connectivity index (χ3v) is 4.30. The summed E-state index contributed by atoms with van der Waals surface area (Å²) >= 11 is 0. The molecule has 0 heterocycles. The first-order valence-electron chi connectivity index (χ1n) is 9.35. The molecule has 0 saturated carbocycles. The molecule has 0 aliphatic heterocycles. The lowest BCUT2D eigenvalue weighted by molar-refractivity contribution is -0.141. The Hall–Kier alpha value is -2.89. The van der Waals surface area contributed by atoms with Crippen LogP contribution in [0.25, 0.3) is 0 Å². The van der Waals surface area contributed by atoms with E-state index in [1.165, 1.54) is 19.2 Å². The van der Waals surface area contributed by atoms with Crippen LogP contribution < -0.4 is 4.74 Å². The minimum Gasteiger partial charge on any atom is -0.494 e. The molecule has 0 aliphatic carbocycles. The Balaban J connectivity index is 1.82. The van der Waals surface area contributed by atoms with Gasteiger partial charge in [0, 0.05) is 19.5 Å². The van der Waals surface area contributed by atoms with Gasteiger partial charge in [-0.15, -0.1) is 0 Å². The summed E-state index contributed by atoms with van der Waals surface area (Å²) < 4.78 is 23.3. The molecular weight excluding hydrogens is 361 g/mol. The van der Waals surface area contributed by atoms with Crippen LogP contribution in [0.1, 0.15) is 24.8 Å². The molecule has 0 spiro atoms. The van der Waals surface area contributed by atoms with Gasteiger partial charge >= 0.3 is 5.97 Å². The third-order valence-electron chi connectivity index (χ3n) is 4.30. The lowest BCUT2D eigenvalue weighted by Gasteiger charge is -2.22. The molecule has 0 atom stereocenters. The van der Waals surface area contributed by atoms with Gasteiger partial charge in [-0.2, -0.15) is 0 Å². The van der Waals surface area contributed by atoms with Crippen LogP contribution >= 0.6 is 0 Å². The van der Waals surface area contributed by atoms with Crippen LogP contribution in [-0.2, 0) is 20.7 Å². The van der Waals surface area contributed by atoms with Crippen LogP contribution in [0.5, 0.6) is 5.75 Å². The Morgan fingerprint density at radius 3 is 2.36 bits per heavy atom. The summed E-state index contributed by atoms with van der Waals surface area (Å²) in [5, 5.41) is 0. The molecule has 5 nitrogen and oxygen atoms in total. The third kappa shape index (κ3) is 7.78. The molecule has 0 aromatic heterocycles. The number of nitrogens with zero attached hydrogens (tertiary/aromatic N) is 1. The SMILES string of the molecule is COC(=O)CCN(CCc1ccc(F)cc1)C(=O)CCCOc1ccccc1. The first kappa shape index (κ1) is 21.4. The zero-order valence-electron chi connectivity index (χ0n) is 16.1. The molecule has 0 saturated heterocycles. The van der Waals surface area contributed by atoms with Crippen molar-refractivity contribution in [2.24, 2.45) is 0 Å². The molecule has 1 amide bonds. The van der Waals surface area contributed by atoms with Gasteiger partial charge in [-0.05, 0) is 42.7 Å². The second-order valence-corrected chi connectivity index (χ2v) is 6.35. The summed E-state index contributed by atoms with van der Waals surface area (Å²) in [5.41, 5.74) is 0.935. The second kappa shape index (κ2) is 11.7. The van der Waals surface area contributed by atoms with E-state index >= 15 is 0 Å². The zero-order chi connectivity index (χ0) is 20.2. The van der Waals surface area contributed by atoms with Crippen LogP contribution in [0.2, 0.25) is 0 Å². The number of halogens is 1. The van der Waals surface area contributed by atoms with Gasteiger partial charge in [0.15, 0.2) is 0 Å². The van der Waals surface area contributed by atoms with E-state index in [0.29, 0.717) is 39.0 Å². The van der Waals surface area contributed by atoms with Gasteiger partial charge < -0.3 is 14.4 Å². The first-order chi connectivity index (χ1) is 13.6. The number of methoxy groups -OCH3 is 1. The van der Waals surface area contributed by atoms with Gasteiger partial charge in [0.05, 0.1) is 20.1 Å². The van der Waals surface area contributed by atoms with Crippen molar-refractivity contribution in [2.75, 3.05) is 26.8 Å². The first-order valence-corrected chi connectivity index (χ1v) is 9.35. The van der Waals surface area contributed by atoms with Crippen molar-refractivity contribution in [3.05, 3.63) is 66.0 Å². The molecule has 6 heteroatoms. The lowest BCUT2D eigenvalue weighted by Crippen LogP contribution is -2.35. The Labute approximate surface area is 165 Å². The Morgan fingerprint density at radius 2 is 1.68 bits per heavy atom. The van der Waals surface area contributed by atoms with Crippen molar-refractivity contribution in [1.82, 2.24) is 4.90 Å². The fourth-order valence-corrected chi connectivity index (χ4v) is 2.69. The lowest BCUT2D eigenvalue weighted by atomic mass is 10.1. The van der Waals surface area contributed by atoms with Gasteiger partial charge in [0.25, 0.3) is 0 Å². The summed E-state index contributed by atoms with van der Waals surface area (Å²) in [6.07, 6.45) is 1.65. The molecular formula is C22H26FNO4. The maximum absolute atomic E-state index is 13.0. The van der Waals surface area contributed by atoms with Crippen LogP contribution in [0.4, 0.5) is 4.39 Å². The number of esters is 1. The standard InChI is InChI=1S/C22H26FNO4/c1-27-22(26)14-16-24(15-13-18-9-11-19(23)12-10-18)21(25)8-5-17-28-20-6-3-2-4-7-20/h2-4,6-7,9-12H,5,8,13-17H2,1H3. The van der Waals surface area contributed by atoms with Crippen molar-refractivity contribution in [3.63, 3.8) is 0 Å². The van der Waals surface area contributed by atoms with E-state index in [9.17, 15) is 14.0 Å². The normalized spacial score (nSPS) is 10.4. The molecule has 2 aromatic rings. The smallest absolute Gasteiger partial charge is 0.307 e. The van der Waals surface area contributed by atoms with Crippen molar-refractivity contribution in [3.8, 4) is 5.75 Å². The van der Waals surface area contributed by atoms with Crippen LogP contribution in [0.3, 0.4) is 0 Å². The number of hydrogen-bond acceptors (Lipinski definition) is 4. The molecule has 0 N–H and O–H groups in total. The number of benzene rings is 2. The van der Waals surface area contributed by atoms with Crippen LogP contribution in [0.15, 0.2) is 54.6 Å². The highest BCUT2D eigenvalue weighted by Crippen LogP contribution is 2.10. The molecule has 28 heavy (non-hydrogen) atoms. The quantitative estimate of drug-likeness (QED) is 0.437. The van der Waals surface area contributed by atoms with Crippen molar-refractivity contribution >= 4 is 11.9 Å². The van der Waals surface area contributed by atoms with E-state index in [1.54, 1.807) is 17.0 Å². The summed E-state index contributed by atoms with van der Waals surface area (Å²) in [4.78, 5) is 25.7. The van der Waals surface area contributed by atoms with Gasteiger partial charge in [0.1, 0.15) is 11.6 Å². The number of amides is 1. The van der Waals surface area contributed by atoms with Crippen molar-refractivity contribution in [1.29, 1.82) is 0 Å². The molecule has 0 radical (unpaired) electrons. The molecule has 0 fully saturated rings. The van der Waals surface area contributed by atoms with Crippen molar-refractivity contribution < 1.29 is 23.5 Å².